The van der Waals surface area contributed by atoms with E-state index in [-0.39, 0.29) is 29.0 Å². The maximum absolute atomic E-state index is 12.7. The Balaban J connectivity index is 1.83. The van der Waals surface area contributed by atoms with Crippen LogP contribution < -0.4 is 0 Å². The third-order valence-electron chi connectivity index (χ3n) is 6.20. The van der Waals surface area contributed by atoms with Crippen LogP contribution in [0.2, 0.25) is 0 Å². The molecule has 2 aliphatic carbocycles. The van der Waals surface area contributed by atoms with Crippen LogP contribution in [0, 0.1) is 11.3 Å². The number of ether oxygens (including phenoxy) is 1. The number of esters is 1. The fourth-order valence-corrected chi connectivity index (χ4v) is 5.01. The molecule has 0 heterocycles. The van der Waals surface area contributed by atoms with Crippen molar-refractivity contribution in [1.82, 2.24) is 0 Å². The molecule has 0 unspecified atom stereocenters. The summed E-state index contributed by atoms with van der Waals surface area (Å²) in [5.41, 5.74) is 3.32. The van der Waals surface area contributed by atoms with Gasteiger partial charge in [-0.1, -0.05) is 61.9 Å². The Morgan fingerprint density at radius 3 is 2.56 bits per heavy atom. The van der Waals surface area contributed by atoms with Crippen LogP contribution in [0.5, 0.6) is 0 Å². The first-order valence-corrected chi connectivity index (χ1v) is 9.69. The minimum absolute atomic E-state index is 0.00265. The lowest BCUT2D eigenvalue weighted by Crippen LogP contribution is -2.35. The Morgan fingerprint density at radius 1 is 1.04 bits per heavy atom. The first kappa shape index (κ1) is 18.0. The Hall–Kier alpha value is -2.42. The lowest BCUT2D eigenvalue weighted by atomic mass is 9.63. The molecule has 2 aliphatic rings. The highest BCUT2D eigenvalue weighted by Gasteiger charge is 2.42. The van der Waals surface area contributed by atoms with Crippen LogP contribution in [0.1, 0.15) is 51.0 Å². The summed E-state index contributed by atoms with van der Waals surface area (Å²) >= 11 is 0. The van der Waals surface area contributed by atoms with E-state index < -0.39 is 0 Å². The van der Waals surface area contributed by atoms with Crippen molar-refractivity contribution in [2.45, 2.75) is 45.4 Å². The lowest BCUT2D eigenvalue weighted by Gasteiger charge is -2.40. The molecular weight excluding hydrogens is 336 g/mol. The molecule has 0 aliphatic heterocycles. The van der Waals surface area contributed by atoms with Crippen LogP contribution in [-0.2, 0) is 14.3 Å². The molecule has 4 rings (SSSR count). The number of Topliss-reactive ketones (excluding diaryl/α,β-unsaturated/α-hetero) is 1. The molecule has 3 nitrogen and oxygen atoms in total. The Morgan fingerprint density at radius 2 is 1.78 bits per heavy atom. The largest absolute Gasteiger partial charge is 0.469 e. The number of rotatable bonds is 2. The van der Waals surface area contributed by atoms with Crippen molar-refractivity contribution in [2.24, 2.45) is 11.3 Å². The van der Waals surface area contributed by atoms with Crippen molar-refractivity contribution in [2.75, 3.05) is 7.11 Å². The molecule has 0 fully saturated rings. The van der Waals surface area contributed by atoms with Crippen LogP contribution in [0.4, 0.5) is 0 Å². The number of hydrogen-bond donors (Lipinski definition) is 0. The van der Waals surface area contributed by atoms with E-state index in [9.17, 15) is 9.59 Å². The molecular formula is C24H26O3. The van der Waals surface area contributed by atoms with Gasteiger partial charge in [0.1, 0.15) is 0 Å². The molecule has 2 atom stereocenters. The van der Waals surface area contributed by atoms with E-state index in [1.807, 2.05) is 12.1 Å². The van der Waals surface area contributed by atoms with Gasteiger partial charge in [-0.05, 0) is 46.6 Å². The van der Waals surface area contributed by atoms with Gasteiger partial charge in [-0.15, -0.1) is 0 Å². The highest BCUT2D eigenvalue weighted by Crippen LogP contribution is 2.49. The van der Waals surface area contributed by atoms with Gasteiger partial charge in [0, 0.05) is 12.3 Å². The van der Waals surface area contributed by atoms with Gasteiger partial charge in [-0.25, -0.2) is 0 Å². The van der Waals surface area contributed by atoms with Crippen LogP contribution in [0.25, 0.3) is 10.8 Å². The lowest BCUT2D eigenvalue weighted by molar-refractivity contribution is -0.146. The number of methoxy groups -OCH3 is 1. The summed E-state index contributed by atoms with van der Waals surface area (Å²) in [6, 6.07) is 14.6. The molecule has 3 heteroatoms. The number of allylic oxidation sites excluding steroid dienone is 2. The Bertz CT molecular complexity index is 946. The summed E-state index contributed by atoms with van der Waals surface area (Å²) in [7, 11) is 1.44. The van der Waals surface area contributed by atoms with E-state index in [2.05, 4.69) is 44.2 Å². The second-order valence-corrected chi connectivity index (χ2v) is 8.74. The number of hydrogen-bond acceptors (Lipinski definition) is 3. The zero-order chi connectivity index (χ0) is 19.2. The normalized spacial score (nSPS) is 24.6. The summed E-state index contributed by atoms with van der Waals surface area (Å²) < 4.78 is 5.14. The molecule has 2 aromatic rings. The van der Waals surface area contributed by atoms with E-state index in [1.54, 1.807) is 0 Å². The number of carbonyl (C=O) groups is 2. The summed E-state index contributed by atoms with van der Waals surface area (Å²) in [5, 5.41) is 2.36. The van der Waals surface area contributed by atoms with Gasteiger partial charge in [0.25, 0.3) is 0 Å². The van der Waals surface area contributed by atoms with Crippen LogP contribution in [-0.4, -0.2) is 18.9 Å². The topological polar surface area (TPSA) is 43.4 Å². The fourth-order valence-electron chi connectivity index (χ4n) is 5.01. The highest BCUT2D eigenvalue weighted by molar-refractivity contribution is 5.99. The number of benzene rings is 2. The van der Waals surface area contributed by atoms with Gasteiger partial charge >= 0.3 is 5.97 Å². The smallest absolute Gasteiger partial charge is 0.309 e. The monoisotopic (exact) mass is 362 g/mol. The zero-order valence-electron chi connectivity index (χ0n) is 16.2. The predicted octanol–water partition coefficient (Wildman–Crippen LogP) is 5.19. The standard InChI is InChI=1S/C24H26O3/c1-24(2)13-16-11-20(18-10-6-8-15-7-4-5-9-17(15)18)21(23(26)27-3)12-19(16)22(25)14-24/h4-10,20-21H,11-14H2,1-3H3/t20-,21-/m1/s1. The molecule has 0 saturated carbocycles. The number of ketones is 1. The Labute approximate surface area is 160 Å². The summed E-state index contributed by atoms with van der Waals surface area (Å²) in [6.07, 6.45) is 2.77. The molecule has 0 aromatic heterocycles. The maximum atomic E-state index is 12.7. The fraction of sp³-hybridized carbons (Fsp3) is 0.417. The zero-order valence-corrected chi connectivity index (χ0v) is 16.2. The minimum atomic E-state index is -0.301. The second kappa shape index (κ2) is 6.63. The Kier molecular flexibility index (Phi) is 4.41. The molecule has 0 radical (unpaired) electrons. The average Bonchev–Trinajstić information content (AvgIpc) is 2.65. The van der Waals surface area contributed by atoms with E-state index >= 15 is 0 Å². The van der Waals surface area contributed by atoms with Gasteiger partial charge < -0.3 is 4.74 Å². The molecule has 0 N–H and O–H groups in total. The van der Waals surface area contributed by atoms with Gasteiger partial charge in [0.2, 0.25) is 0 Å². The van der Waals surface area contributed by atoms with Crippen molar-refractivity contribution in [1.29, 1.82) is 0 Å². The first-order chi connectivity index (χ1) is 12.9. The van der Waals surface area contributed by atoms with Crippen molar-refractivity contribution >= 4 is 22.5 Å². The molecule has 0 amide bonds. The molecule has 0 spiro atoms. The SMILES string of the molecule is COC(=O)[C@@H]1CC2=C(C[C@@H]1c1cccc3ccccc13)CC(C)(C)CC2=O. The summed E-state index contributed by atoms with van der Waals surface area (Å²) in [5.74, 6) is -0.252. The van der Waals surface area contributed by atoms with E-state index in [4.69, 9.17) is 4.74 Å². The summed E-state index contributed by atoms with van der Waals surface area (Å²) in [6.45, 7) is 4.32. The van der Waals surface area contributed by atoms with Crippen LogP contribution in [0.3, 0.4) is 0 Å². The van der Waals surface area contributed by atoms with E-state index in [1.165, 1.54) is 29.0 Å². The van der Waals surface area contributed by atoms with Gasteiger partial charge in [-0.3, -0.25) is 9.59 Å². The number of carbonyl (C=O) groups excluding carboxylic acids is 2. The van der Waals surface area contributed by atoms with Crippen LogP contribution in [0.15, 0.2) is 53.6 Å². The second-order valence-electron chi connectivity index (χ2n) is 8.74. The predicted molar refractivity (Wildman–Crippen MR) is 106 cm³/mol. The van der Waals surface area contributed by atoms with Crippen molar-refractivity contribution in [3.05, 3.63) is 59.2 Å². The molecule has 140 valence electrons. The van der Waals surface area contributed by atoms with E-state index in [0.717, 1.165) is 18.4 Å². The van der Waals surface area contributed by atoms with Crippen molar-refractivity contribution in [3.63, 3.8) is 0 Å². The maximum Gasteiger partial charge on any atom is 0.309 e. The average molecular weight is 362 g/mol. The van der Waals surface area contributed by atoms with Gasteiger partial charge in [-0.2, -0.15) is 0 Å². The van der Waals surface area contributed by atoms with Crippen molar-refractivity contribution in [3.8, 4) is 0 Å². The van der Waals surface area contributed by atoms with Gasteiger partial charge in [0.15, 0.2) is 5.78 Å². The third-order valence-corrected chi connectivity index (χ3v) is 6.20. The number of fused-ring (bicyclic) bond motifs is 1. The van der Waals surface area contributed by atoms with Gasteiger partial charge in [0.05, 0.1) is 13.0 Å². The molecule has 2 aromatic carbocycles. The summed E-state index contributed by atoms with van der Waals surface area (Å²) in [4.78, 5) is 25.4. The van der Waals surface area contributed by atoms with Crippen molar-refractivity contribution < 1.29 is 14.3 Å². The molecule has 27 heavy (non-hydrogen) atoms. The quantitative estimate of drug-likeness (QED) is 0.690. The highest BCUT2D eigenvalue weighted by atomic mass is 16.5. The third kappa shape index (κ3) is 3.20. The minimum Gasteiger partial charge on any atom is -0.469 e. The first-order valence-electron chi connectivity index (χ1n) is 9.69. The molecule has 0 bridgehead atoms. The van der Waals surface area contributed by atoms with E-state index in [0.29, 0.717) is 12.8 Å². The van der Waals surface area contributed by atoms with Crippen LogP contribution >= 0.6 is 0 Å². The molecule has 0 saturated heterocycles.